The fourth-order valence-electron chi connectivity index (χ4n) is 2.15. The summed E-state index contributed by atoms with van der Waals surface area (Å²) in [6, 6.07) is 3.31. The summed E-state index contributed by atoms with van der Waals surface area (Å²) in [6.07, 6.45) is 1.41. The Kier molecular flexibility index (Phi) is 5.45. The van der Waals surface area contributed by atoms with Crippen LogP contribution in [-0.2, 0) is 22.5 Å². The van der Waals surface area contributed by atoms with E-state index in [0.717, 1.165) is 6.42 Å². The second-order valence-corrected chi connectivity index (χ2v) is 5.38. The molecule has 0 aliphatic carbocycles. The molecule has 0 saturated carbocycles. The molecular weight excluding hydrogens is 315 g/mol. The van der Waals surface area contributed by atoms with E-state index in [4.69, 9.17) is 33.0 Å². The molecule has 7 heteroatoms. The number of fused-ring (bicyclic) bond motifs is 1. The lowest BCUT2D eigenvalue weighted by Crippen LogP contribution is -2.12. The Bertz CT molecular complexity index is 655. The van der Waals surface area contributed by atoms with Crippen molar-refractivity contribution in [1.29, 1.82) is 0 Å². The third-order valence-corrected chi connectivity index (χ3v) is 3.78. The van der Waals surface area contributed by atoms with Crippen LogP contribution in [0.4, 0.5) is 0 Å². The largest absolute Gasteiger partial charge is 0.480 e. The van der Waals surface area contributed by atoms with Crippen molar-refractivity contribution in [3.8, 4) is 0 Å². The second-order valence-electron chi connectivity index (χ2n) is 4.56. The summed E-state index contributed by atoms with van der Waals surface area (Å²) in [6.45, 7) is 3.06. The van der Waals surface area contributed by atoms with Crippen molar-refractivity contribution in [3.05, 3.63) is 28.0 Å². The Morgan fingerprint density at radius 1 is 1.38 bits per heavy atom. The highest BCUT2D eigenvalue weighted by Gasteiger charge is 2.15. The van der Waals surface area contributed by atoms with Crippen molar-refractivity contribution in [2.24, 2.45) is 0 Å². The predicted molar refractivity (Wildman–Crippen MR) is 82.2 cm³/mol. The van der Waals surface area contributed by atoms with Crippen LogP contribution in [0, 0.1) is 0 Å². The summed E-state index contributed by atoms with van der Waals surface area (Å²) in [4.78, 5) is 15.5. The Balaban J connectivity index is 2.35. The number of aliphatic carboxylic acids is 1. The van der Waals surface area contributed by atoms with Crippen LogP contribution in [0.3, 0.4) is 0 Å². The number of aromatic nitrogens is 2. The highest BCUT2D eigenvalue weighted by Crippen LogP contribution is 2.28. The van der Waals surface area contributed by atoms with E-state index < -0.39 is 5.97 Å². The minimum atomic E-state index is -0.925. The quantitative estimate of drug-likeness (QED) is 0.790. The standard InChI is InChI=1S/C14H16Cl2N2O3/c1-2-21-5-3-4-13-17-11-6-9(15)10(16)7-12(11)18(13)8-14(19)20/h6-7H,2-5,8H2,1H3,(H,19,20). The summed E-state index contributed by atoms with van der Waals surface area (Å²) in [7, 11) is 0. The molecule has 1 aromatic carbocycles. The molecule has 1 N–H and O–H groups in total. The number of hydrogen-bond donors (Lipinski definition) is 1. The molecule has 1 aromatic heterocycles. The molecule has 114 valence electrons. The molecule has 2 rings (SSSR count). The number of aryl methyl sites for hydroxylation is 1. The van der Waals surface area contributed by atoms with Gasteiger partial charge >= 0.3 is 5.97 Å². The summed E-state index contributed by atoms with van der Waals surface area (Å²) in [5, 5.41) is 9.86. The zero-order valence-corrected chi connectivity index (χ0v) is 13.1. The number of nitrogens with zero attached hydrogens (tertiary/aromatic N) is 2. The molecule has 0 aliphatic rings. The summed E-state index contributed by atoms with van der Waals surface area (Å²) < 4.78 is 6.95. The lowest BCUT2D eigenvalue weighted by atomic mass is 10.3. The lowest BCUT2D eigenvalue weighted by molar-refractivity contribution is -0.137. The molecule has 0 amide bonds. The molecule has 0 aliphatic heterocycles. The van der Waals surface area contributed by atoms with Crippen molar-refractivity contribution >= 4 is 40.2 Å². The molecule has 2 aromatic rings. The van der Waals surface area contributed by atoms with Gasteiger partial charge in [0, 0.05) is 19.6 Å². The first kappa shape index (κ1) is 16.1. The van der Waals surface area contributed by atoms with E-state index in [0.29, 0.717) is 46.5 Å². The Morgan fingerprint density at radius 2 is 2.10 bits per heavy atom. The van der Waals surface area contributed by atoms with Crippen LogP contribution in [0.1, 0.15) is 19.2 Å². The zero-order chi connectivity index (χ0) is 15.4. The molecule has 0 radical (unpaired) electrons. The lowest BCUT2D eigenvalue weighted by Gasteiger charge is -2.07. The minimum Gasteiger partial charge on any atom is -0.480 e. The fourth-order valence-corrected chi connectivity index (χ4v) is 2.47. The number of rotatable bonds is 7. The van der Waals surface area contributed by atoms with Gasteiger partial charge in [-0.1, -0.05) is 23.2 Å². The van der Waals surface area contributed by atoms with Crippen molar-refractivity contribution in [1.82, 2.24) is 9.55 Å². The molecule has 1 heterocycles. The van der Waals surface area contributed by atoms with E-state index in [1.165, 1.54) is 0 Å². The fraction of sp³-hybridized carbons (Fsp3) is 0.429. The predicted octanol–water partition coefficient (Wildman–Crippen LogP) is 3.40. The molecule has 0 unspecified atom stereocenters. The Labute approximate surface area is 132 Å². The van der Waals surface area contributed by atoms with Crippen molar-refractivity contribution in [2.45, 2.75) is 26.3 Å². The van der Waals surface area contributed by atoms with Crippen LogP contribution >= 0.6 is 23.2 Å². The third-order valence-electron chi connectivity index (χ3n) is 3.06. The maximum Gasteiger partial charge on any atom is 0.323 e. The van der Waals surface area contributed by atoms with Gasteiger partial charge in [-0.15, -0.1) is 0 Å². The number of halogens is 2. The first-order valence-electron chi connectivity index (χ1n) is 6.66. The van der Waals surface area contributed by atoms with E-state index in [2.05, 4.69) is 4.98 Å². The number of carboxylic acids is 1. The number of carboxylic acid groups (broad SMARTS) is 1. The van der Waals surface area contributed by atoms with Gasteiger partial charge in [-0.3, -0.25) is 4.79 Å². The highest BCUT2D eigenvalue weighted by atomic mass is 35.5. The van der Waals surface area contributed by atoms with Gasteiger partial charge in [0.1, 0.15) is 12.4 Å². The van der Waals surface area contributed by atoms with Gasteiger partial charge in [0.25, 0.3) is 0 Å². The van der Waals surface area contributed by atoms with Crippen LogP contribution in [0.2, 0.25) is 10.0 Å². The second kappa shape index (κ2) is 7.11. The zero-order valence-electron chi connectivity index (χ0n) is 11.6. The van der Waals surface area contributed by atoms with Gasteiger partial charge < -0.3 is 14.4 Å². The van der Waals surface area contributed by atoms with Gasteiger partial charge in [-0.05, 0) is 25.5 Å². The highest BCUT2D eigenvalue weighted by molar-refractivity contribution is 6.42. The number of ether oxygens (including phenoxy) is 1. The van der Waals surface area contributed by atoms with Crippen LogP contribution in [0.5, 0.6) is 0 Å². The Hall–Kier alpha value is -1.30. The van der Waals surface area contributed by atoms with E-state index in [1.807, 2.05) is 6.92 Å². The number of hydrogen-bond acceptors (Lipinski definition) is 3. The van der Waals surface area contributed by atoms with Crippen molar-refractivity contribution in [2.75, 3.05) is 13.2 Å². The molecule has 0 fully saturated rings. The first-order valence-corrected chi connectivity index (χ1v) is 7.42. The molecule has 0 spiro atoms. The van der Waals surface area contributed by atoms with Crippen molar-refractivity contribution < 1.29 is 14.6 Å². The van der Waals surface area contributed by atoms with E-state index in [-0.39, 0.29) is 6.54 Å². The van der Waals surface area contributed by atoms with E-state index in [9.17, 15) is 4.79 Å². The third kappa shape index (κ3) is 3.87. The van der Waals surface area contributed by atoms with Crippen LogP contribution in [-0.4, -0.2) is 33.8 Å². The number of benzene rings is 1. The molecule has 0 saturated heterocycles. The SMILES string of the molecule is CCOCCCc1nc2cc(Cl)c(Cl)cc2n1CC(=O)O. The Morgan fingerprint density at radius 3 is 2.76 bits per heavy atom. The van der Waals surface area contributed by atoms with Crippen LogP contribution in [0.25, 0.3) is 11.0 Å². The van der Waals surface area contributed by atoms with Gasteiger partial charge in [0.2, 0.25) is 0 Å². The first-order chi connectivity index (χ1) is 10.0. The maximum absolute atomic E-state index is 11.1. The van der Waals surface area contributed by atoms with E-state index in [1.54, 1.807) is 16.7 Å². The van der Waals surface area contributed by atoms with Gasteiger partial charge in [-0.2, -0.15) is 0 Å². The number of imidazole rings is 1. The molecular formula is C14H16Cl2N2O3. The average Bonchev–Trinajstić information content (AvgIpc) is 2.73. The summed E-state index contributed by atoms with van der Waals surface area (Å²) in [5.74, 6) is -0.225. The molecule has 0 bridgehead atoms. The molecule has 21 heavy (non-hydrogen) atoms. The van der Waals surface area contributed by atoms with E-state index >= 15 is 0 Å². The smallest absolute Gasteiger partial charge is 0.323 e. The normalized spacial score (nSPS) is 11.2. The van der Waals surface area contributed by atoms with Crippen LogP contribution < -0.4 is 0 Å². The van der Waals surface area contributed by atoms with Gasteiger partial charge in [-0.25, -0.2) is 4.98 Å². The van der Waals surface area contributed by atoms with Crippen molar-refractivity contribution in [3.63, 3.8) is 0 Å². The monoisotopic (exact) mass is 330 g/mol. The van der Waals surface area contributed by atoms with Gasteiger partial charge in [0.05, 0.1) is 21.1 Å². The topological polar surface area (TPSA) is 64.4 Å². The summed E-state index contributed by atoms with van der Waals surface area (Å²) >= 11 is 12.0. The number of carbonyl (C=O) groups is 1. The van der Waals surface area contributed by atoms with Crippen LogP contribution in [0.15, 0.2) is 12.1 Å². The molecule has 0 atom stereocenters. The molecule has 5 nitrogen and oxygen atoms in total. The summed E-state index contributed by atoms with van der Waals surface area (Å²) in [5.41, 5.74) is 1.33. The minimum absolute atomic E-state index is 0.154. The average molecular weight is 331 g/mol. The maximum atomic E-state index is 11.1. The van der Waals surface area contributed by atoms with Gasteiger partial charge in [0.15, 0.2) is 0 Å².